The first-order chi connectivity index (χ1) is 8.71. The quantitative estimate of drug-likeness (QED) is 0.860. The van der Waals surface area contributed by atoms with Gasteiger partial charge in [0.15, 0.2) is 0 Å². The third-order valence-electron chi connectivity index (χ3n) is 3.51. The Morgan fingerprint density at radius 2 is 1.83 bits per heavy atom. The summed E-state index contributed by atoms with van der Waals surface area (Å²) in [6.45, 7) is 4.24. The van der Waals surface area contributed by atoms with E-state index in [1.807, 2.05) is 30.5 Å². The molecule has 1 aromatic carbocycles. The Kier molecular flexibility index (Phi) is 3.97. The van der Waals surface area contributed by atoms with Crippen molar-refractivity contribution in [3.05, 3.63) is 42.2 Å². The Hall–Kier alpha value is -1.41. The van der Waals surface area contributed by atoms with Crippen molar-refractivity contribution in [2.24, 2.45) is 0 Å². The summed E-state index contributed by atoms with van der Waals surface area (Å²) in [5.74, 6) is 0. The van der Waals surface area contributed by atoms with Crippen molar-refractivity contribution in [1.82, 2.24) is 4.98 Å². The van der Waals surface area contributed by atoms with E-state index in [2.05, 4.69) is 18.8 Å². The average molecular weight is 243 g/mol. The van der Waals surface area contributed by atoms with E-state index in [0.717, 1.165) is 42.0 Å². The molecule has 1 heterocycles. The normalized spacial score (nSPS) is 11.9. The highest BCUT2D eigenvalue weighted by molar-refractivity contribution is 5.85. The van der Waals surface area contributed by atoms with Gasteiger partial charge >= 0.3 is 0 Å². The molecule has 96 valence electrons. The van der Waals surface area contributed by atoms with Crippen molar-refractivity contribution in [3.8, 4) is 0 Å². The number of aliphatic hydroxyl groups is 1. The van der Waals surface area contributed by atoms with Crippen LogP contribution in [0.25, 0.3) is 10.8 Å². The lowest BCUT2D eigenvalue weighted by molar-refractivity contribution is 0.0184. The van der Waals surface area contributed by atoms with Gasteiger partial charge in [0.1, 0.15) is 0 Å². The summed E-state index contributed by atoms with van der Waals surface area (Å²) < 4.78 is 0. The van der Waals surface area contributed by atoms with Gasteiger partial charge in [-0.15, -0.1) is 0 Å². The van der Waals surface area contributed by atoms with E-state index < -0.39 is 5.60 Å². The minimum absolute atomic E-state index is 0.704. The molecule has 2 heteroatoms. The maximum atomic E-state index is 11.0. The summed E-state index contributed by atoms with van der Waals surface area (Å²) in [5.41, 5.74) is 0.343. The van der Waals surface area contributed by atoms with Crippen LogP contribution in [0, 0.1) is 0 Å². The van der Waals surface area contributed by atoms with Crippen LogP contribution in [0.4, 0.5) is 0 Å². The molecule has 0 atom stereocenters. The smallest absolute Gasteiger partial charge is 0.0902 e. The van der Waals surface area contributed by atoms with E-state index in [1.54, 1.807) is 6.20 Å². The van der Waals surface area contributed by atoms with E-state index in [1.165, 1.54) is 0 Å². The lowest BCUT2D eigenvalue weighted by Crippen LogP contribution is -2.25. The first-order valence-corrected chi connectivity index (χ1v) is 6.77. The Morgan fingerprint density at radius 1 is 1.11 bits per heavy atom. The third-order valence-corrected chi connectivity index (χ3v) is 3.51. The lowest BCUT2D eigenvalue weighted by atomic mass is 9.83. The van der Waals surface area contributed by atoms with Gasteiger partial charge in [-0.3, -0.25) is 4.98 Å². The summed E-state index contributed by atoms with van der Waals surface area (Å²) in [5, 5.41) is 13.2. The highest BCUT2D eigenvalue weighted by atomic mass is 16.3. The largest absolute Gasteiger partial charge is 0.385 e. The molecule has 0 saturated carbocycles. The van der Waals surface area contributed by atoms with Crippen molar-refractivity contribution >= 4 is 10.8 Å². The molecule has 0 spiro atoms. The van der Waals surface area contributed by atoms with Gasteiger partial charge in [0.25, 0.3) is 0 Å². The molecule has 0 unspecified atom stereocenters. The molecule has 0 radical (unpaired) electrons. The maximum Gasteiger partial charge on any atom is 0.0902 e. The number of fused-ring (bicyclic) bond motifs is 1. The molecule has 2 aromatic rings. The SMILES string of the molecule is CCCC(O)(CCC)c1cccc2cnccc12. The molecule has 0 amide bonds. The second-order valence-corrected chi connectivity index (χ2v) is 4.93. The van der Waals surface area contributed by atoms with E-state index >= 15 is 0 Å². The van der Waals surface area contributed by atoms with Gasteiger partial charge in [-0.2, -0.15) is 0 Å². The van der Waals surface area contributed by atoms with Crippen molar-refractivity contribution in [2.75, 3.05) is 0 Å². The predicted molar refractivity (Wildman–Crippen MR) is 75.5 cm³/mol. The fourth-order valence-electron chi connectivity index (χ4n) is 2.75. The van der Waals surface area contributed by atoms with Gasteiger partial charge in [-0.25, -0.2) is 0 Å². The first kappa shape index (κ1) is 13.0. The Morgan fingerprint density at radius 3 is 2.50 bits per heavy atom. The second kappa shape index (κ2) is 5.49. The summed E-state index contributed by atoms with van der Waals surface area (Å²) in [7, 11) is 0. The molecule has 0 aliphatic heterocycles. The number of rotatable bonds is 5. The second-order valence-electron chi connectivity index (χ2n) is 4.93. The molecule has 1 aromatic heterocycles. The Bertz CT molecular complexity index is 510. The van der Waals surface area contributed by atoms with Gasteiger partial charge in [0.05, 0.1) is 5.60 Å². The standard InChI is InChI=1S/C16H21NO/c1-3-9-16(18,10-4-2)15-7-5-6-13-12-17-11-8-14(13)15/h5-8,11-12,18H,3-4,9-10H2,1-2H3. The van der Waals surface area contributed by atoms with Crippen LogP contribution in [0.5, 0.6) is 0 Å². The molecule has 2 nitrogen and oxygen atoms in total. The summed E-state index contributed by atoms with van der Waals surface area (Å²) in [6, 6.07) is 8.11. The fraction of sp³-hybridized carbons (Fsp3) is 0.438. The summed E-state index contributed by atoms with van der Waals surface area (Å²) >= 11 is 0. The number of aromatic nitrogens is 1. The van der Waals surface area contributed by atoms with Gasteiger partial charge in [-0.1, -0.05) is 44.9 Å². The van der Waals surface area contributed by atoms with Crippen LogP contribution in [0.3, 0.4) is 0 Å². The molecular weight excluding hydrogens is 222 g/mol. The zero-order valence-corrected chi connectivity index (χ0v) is 11.2. The van der Waals surface area contributed by atoms with E-state index in [-0.39, 0.29) is 0 Å². The van der Waals surface area contributed by atoms with Crippen LogP contribution in [0.2, 0.25) is 0 Å². The fourth-order valence-corrected chi connectivity index (χ4v) is 2.75. The Balaban J connectivity index is 2.56. The summed E-state index contributed by atoms with van der Waals surface area (Å²) in [4.78, 5) is 4.15. The minimum atomic E-state index is -0.704. The van der Waals surface area contributed by atoms with Crippen LogP contribution in [-0.4, -0.2) is 10.1 Å². The minimum Gasteiger partial charge on any atom is -0.385 e. The van der Waals surface area contributed by atoms with Crippen LogP contribution in [0.1, 0.15) is 45.1 Å². The molecule has 2 rings (SSSR count). The summed E-state index contributed by atoms with van der Waals surface area (Å²) in [6.07, 6.45) is 7.24. The van der Waals surface area contributed by atoms with Gasteiger partial charge in [0.2, 0.25) is 0 Å². The number of benzene rings is 1. The maximum absolute atomic E-state index is 11.0. The van der Waals surface area contributed by atoms with E-state index in [0.29, 0.717) is 0 Å². The highest BCUT2D eigenvalue weighted by Crippen LogP contribution is 2.35. The zero-order valence-electron chi connectivity index (χ0n) is 11.2. The predicted octanol–water partition coefficient (Wildman–Crippen LogP) is 4.02. The zero-order chi connectivity index (χ0) is 13.0. The van der Waals surface area contributed by atoms with Crippen molar-refractivity contribution in [1.29, 1.82) is 0 Å². The monoisotopic (exact) mass is 243 g/mol. The van der Waals surface area contributed by atoms with Gasteiger partial charge < -0.3 is 5.11 Å². The molecule has 18 heavy (non-hydrogen) atoms. The van der Waals surface area contributed by atoms with Crippen LogP contribution in [-0.2, 0) is 5.60 Å². The number of pyridine rings is 1. The first-order valence-electron chi connectivity index (χ1n) is 6.77. The topological polar surface area (TPSA) is 33.1 Å². The van der Waals surface area contributed by atoms with Crippen molar-refractivity contribution in [3.63, 3.8) is 0 Å². The van der Waals surface area contributed by atoms with Crippen molar-refractivity contribution in [2.45, 2.75) is 45.1 Å². The number of nitrogens with zero attached hydrogens (tertiary/aromatic N) is 1. The van der Waals surface area contributed by atoms with Crippen LogP contribution >= 0.6 is 0 Å². The molecule has 1 N–H and O–H groups in total. The third kappa shape index (κ3) is 2.39. The molecule has 0 aliphatic carbocycles. The molecule has 0 bridgehead atoms. The molecule has 0 fully saturated rings. The number of hydrogen-bond donors (Lipinski definition) is 1. The Labute approximate surface area is 109 Å². The average Bonchev–Trinajstić information content (AvgIpc) is 2.38. The van der Waals surface area contributed by atoms with Crippen LogP contribution in [0.15, 0.2) is 36.7 Å². The molecule has 0 aliphatic rings. The van der Waals surface area contributed by atoms with E-state index in [4.69, 9.17) is 0 Å². The van der Waals surface area contributed by atoms with Crippen LogP contribution < -0.4 is 0 Å². The highest BCUT2D eigenvalue weighted by Gasteiger charge is 2.28. The number of hydrogen-bond acceptors (Lipinski definition) is 2. The van der Waals surface area contributed by atoms with Crippen molar-refractivity contribution < 1.29 is 5.11 Å². The lowest BCUT2D eigenvalue weighted by Gasteiger charge is -2.29. The molecule has 0 saturated heterocycles. The van der Waals surface area contributed by atoms with Gasteiger partial charge in [-0.05, 0) is 29.9 Å². The van der Waals surface area contributed by atoms with Gasteiger partial charge in [0, 0.05) is 17.8 Å². The van der Waals surface area contributed by atoms with E-state index in [9.17, 15) is 5.11 Å². The molecular formula is C16H21NO.